The molecule has 2 aliphatic carbocycles. The van der Waals surface area contributed by atoms with Crippen LogP contribution >= 0.6 is 0 Å². The second kappa shape index (κ2) is 12.8. The van der Waals surface area contributed by atoms with Gasteiger partial charge in [0, 0.05) is 33.4 Å². The van der Waals surface area contributed by atoms with Gasteiger partial charge in [-0.15, -0.1) is 0 Å². The summed E-state index contributed by atoms with van der Waals surface area (Å²) in [5.74, 6) is 0. The maximum atomic E-state index is 2.51. The summed E-state index contributed by atoms with van der Waals surface area (Å²) in [6, 6.07) is 76.8. The lowest BCUT2D eigenvalue weighted by molar-refractivity contribution is 0.791. The first-order chi connectivity index (χ1) is 29.1. The maximum Gasteiger partial charge on any atom is 0.0726 e. The Morgan fingerprint density at radius 3 is 1.64 bits per heavy atom. The molecule has 0 amide bonds. The molecule has 0 saturated carbocycles. The molecule has 59 heavy (non-hydrogen) atoms. The molecule has 0 N–H and O–H groups in total. The highest BCUT2D eigenvalue weighted by atomic mass is 15.1. The summed E-state index contributed by atoms with van der Waals surface area (Å²) >= 11 is 0. The molecular formula is C57H40N2. The van der Waals surface area contributed by atoms with Crippen LogP contribution in [0.1, 0.15) is 33.4 Å². The number of hydrogen-bond acceptors (Lipinski definition) is 1. The molecule has 0 fully saturated rings. The fourth-order valence-electron chi connectivity index (χ4n) is 10.4. The average molecular weight is 753 g/mol. The highest BCUT2D eigenvalue weighted by Gasteiger charge is 2.52. The van der Waals surface area contributed by atoms with Gasteiger partial charge in [0.25, 0.3) is 0 Å². The highest BCUT2D eigenvalue weighted by molar-refractivity contribution is 6.10. The van der Waals surface area contributed by atoms with Gasteiger partial charge in [-0.25, -0.2) is 0 Å². The van der Waals surface area contributed by atoms with Crippen molar-refractivity contribution in [1.29, 1.82) is 0 Å². The average Bonchev–Trinajstić information content (AvgIpc) is 3.88. The second-order valence-corrected chi connectivity index (χ2v) is 16.2. The van der Waals surface area contributed by atoms with Crippen molar-refractivity contribution in [3.63, 3.8) is 0 Å². The first kappa shape index (κ1) is 33.7. The van der Waals surface area contributed by atoms with Crippen molar-refractivity contribution in [2.45, 2.75) is 19.3 Å². The standard InChI is InChI=1S/C57H40N2/c1-37-25-29-45-46-30-26-38(2)34-52(46)57(51(45)33-37)50-22-12-9-20-44(50)47-31-27-41(35-53(47)57)58(54-23-13-10-19-43(54)39-15-5-3-6-16-39)42-28-32-49-48-21-11-14-24-55(48)59(56(49)36-42)40-17-7-4-8-18-40/h3-36H,1-2H3. The van der Waals surface area contributed by atoms with E-state index in [-0.39, 0.29) is 0 Å². The van der Waals surface area contributed by atoms with Gasteiger partial charge in [0.15, 0.2) is 0 Å². The lowest BCUT2D eigenvalue weighted by Crippen LogP contribution is -2.26. The first-order valence-corrected chi connectivity index (χ1v) is 20.6. The molecule has 1 heterocycles. The quantitative estimate of drug-likeness (QED) is 0.170. The van der Waals surface area contributed by atoms with Crippen molar-refractivity contribution >= 4 is 38.9 Å². The molecule has 0 saturated heterocycles. The smallest absolute Gasteiger partial charge is 0.0726 e. The lowest BCUT2D eigenvalue weighted by Gasteiger charge is -2.33. The minimum atomic E-state index is -0.459. The fraction of sp³-hybridized carbons (Fsp3) is 0.0526. The van der Waals surface area contributed by atoms with Crippen LogP contribution in [0.15, 0.2) is 206 Å². The Morgan fingerprint density at radius 2 is 0.898 bits per heavy atom. The molecule has 0 atom stereocenters. The zero-order valence-electron chi connectivity index (χ0n) is 33.0. The predicted octanol–water partition coefficient (Wildman–Crippen LogP) is 14.9. The topological polar surface area (TPSA) is 8.17 Å². The number of hydrogen-bond donors (Lipinski definition) is 0. The monoisotopic (exact) mass is 752 g/mol. The third-order valence-corrected chi connectivity index (χ3v) is 12.9. The zero-order chi connectivity index (χ0) is 39.2. The summed E-state index contributed by atoms with van der Waals surface area (Å²) < 4.78 is 2.42. The molecule has 2 heteroatoms. The van der Waals surface area contributed by atoms with E-state index in [2.05, 4.69) is 230 Å². The van der Waals surface area contributed by atoms with Crippen molar-refractivity contribution in [1.82, 2.24) is 4.57 Å². The number of benzene rings is 9. The summed E-state index contributed by atoms with van der Waals surface area (Å²) in [5, 5.41) is 2.48. The molecule has 0 radical (unpaired) electrons. The molecule has 278 valence electrons. The van der Waals surface area contributed by atoms with E-state index in [9.17, 15) is 0 Å². The molecule has 1 spiro atoms. The van der Waals surface area contributed by atoms with Crippen LogP contribution in [0.5, 0.6) is 0 Å². The van der Waals surface area contributed by atoms with Gasteiger partial charge in [0.1, 0.15) is 0 Å². The molecule has 12 rings (SSSR count). The Bertz CT molecular complexity index is 3250. The minimum Gasteiger partial charge on any atom is -0.310 e. The van der Waals surface area contributed by atoms with E-state index in [1.807, 2.05) is 0 Å². The third-order valence-electron chi connectivity index (χ3n) is 12.9. The number of para-hydroxylation sites is 3. The molecule has 0 aliphatic heterocycles. The number of nitrogens with zero attached hydrogens (tertiary/aromatic N) is 2. The van der Waals surface area contributed by atoms with Gasteiger partial charge >= 0.3 is 0 Å². The third kappa shape index (κ3) is 4.81. The van der Waals surface area contributed by atoms with Crippen LogP contribution in [0, 0.1) is 13.8 Å². The molecular weight excluding hydrogens is 713 g/mol. The van der Waals surface area contributed by atoms with Gasteiger partial charge in [-0.3, -0.25) is 0 Å². The molecule has 10 aromatic rings. The van der Waals surface area contributed by atoms with E-state index in [4.69, 9.17) is 0 Å². The van der Waals surface area contributed by atoms with Crippen LogP contribution in [0.25, 0.3) is 60.9 Å². The van der Waals surface area contributed by atoms with Gasteiger partial charge < -0.3 is 9.47 Å². The number of aromatic nitrogens is 1. The molecule has 0 bridgehead atoms. The van der Waals surface area contributed by atoms with Crippen LogP contribution in [0.4, 0.5) is 17.1 Å². The van der Waals surface area contributed by atoms with E-state index in [1.165, 1.54) is 88.6 Å². The molecule has 1 aromatic heterocycles. The second-order valence-electron chi connectivity index (χ2n) is 16.2. The summed E-state index contributed by atoms with van der Waals surface area (Å²) in [6.45, 7) is 4.46. The van der Waals surface area contributed by atoms with E-state index in [1.54, 1.807) is 0 Å². The molecule has 0 unspecified atom stereocenters. The number of fused-ring (bicyclic) bond motifs is 13. The Kier molecular flexibility index (Phi) is 7.31. The Hall–Kier alpha value is -7.42. The number of anilines is 3. The van der Waals surface area contributed by atoms with Crippen LogP contribution in [-0.2, 0) is 5.41 Å². The molecule has 2 nitrogen and oxygen atoms in total. The van der Waals surface area contributed by atoms with E-state index < -0.39 is 5.41 Å². The summed E-state index contributed by atoms with van der Waals surface area (Å²) in [6.07, 6.45) is 0. The predicted molar refractivity (Wildman–Crippen MR) is 247 cm³/mol. The first-order valence-electron chi connectivity index (χ1n) is 20.6. The normalized spacial score (nSPS) is 13.1. The van der Waals surface area contributed by atoms with Gasteiger partial charge in [-0.05, 0) is 112 Å². The summed E-state index contributed by atoms with van der Waals surface area (Å²) in [4.78, 5) is 2.50. The maximum absolute atomic E-state index is 2.51. The molecule has 2 aliphatic rings. The van der Waals surface area contributed by atoms with E-state index in [0.29, 0.717) is 0 Å². The fourth-order valence-corrected chi connectivity index (χ4v) is 10.4. The largest absolute Gasteiger partial charge is 0.310 e. The van der Waals surface area contributed by atoms with Crippen LogP contribution < -0.4 is 4.90 Å². The van der Waals surface area contributed by atoms with Crippen molar-refractivity contribution in [3.05, 3.63) is 240 Å². The van der Waals surface area contributed by atoms with E-state index in [0.717, 1.165) is 22.7 Å². The SMILES string of the molecule is Cc1ccc2c(c1)C1(c3ccccc3-c3ccc(N(c4ccc5c6ccccc6n(-c6ccccc6)c5c4)c4ccccc4-c4ccccc4)cc31)c1cc(C)ccc1-2. The van der Waals surface area contributed by atoms with Crippen molar-refractivity contribution in [3.8, 4) is 39.1 Å². The minimum absolute atomic E-state index is 0.459. The van der Waals surface area contributed by atoms with Gasteiger partial charge in [0.2, 0.25) is 0 Å². The zero-order valence-corrected chi connectivity index (χ0v) is 33.0. The van der Waals surface area contributed by atoms with Gasteiger partial charge in [-0.1, -0.05) is 169 Å². The Balaban J connectivity index is 1.17. The van der Waals surface area contributed by atoms with Crippen molar-refractivity contribution in [2.75, 3.05) is 4.90 Å². The van der Waals surface area contributed by atoms with Gasteiger partial charge in [-0.2, -0.15) is 0 Å². The number of rotatable bonds is 5. The Labute approximate surface area is 344 Å². The lowest BCUT2D eigenvalue weighted by atomic mass is 9.70. The van der Waals surface area contributed by atoms with Gasteiger partial charge in [0.05, 0.1) is 22.1 Å². The van der Waals surface area contributed by atoms with Crippen molar-refractivity contribution < 1.29 is 0 Å². The summed E-state index contributed by atoms with van der Waals surface area (Å²) in [5.41, 5.74) is 22.0. The number of aryl methyl sites for hydroxylation is 2. The summed E-state index contributed by atoms with van der Waals surface area (Å²) in [7, 11) is 0. The van der Waals surface area contributed by atoms with Crippen LogP contribution in [0.3, 0.4) is 0 Å². The van der Waals surface area contributed by atoms with Crippen LogP contribution in [0.2, 0.25) is 0 Å². The highest BCUT2D eigenvalue weighted by Crippen LogP contribution is 2.63. The van der Waals surface area contributed by atoms with E-state index >= 15 is 0 Å². The van der Waals surface area contributed by atoms with Crippen molar-refractivity contribution in [2.24, 2.45) is 0 Å². The van der Waals surface area contributed by atoms with Crippen LogP contribution in [-0.4, -0.2) is 4.57 Å². The molecule has 9 aromatic carbocycles. The Morgan fingerprint density at radius 1 is 0.373 bits per heavy atom.